The Balaban J connectivity index is 1.25. The first-order valence-electron chi connectivity index (χ1n) is 11.6. The minimum absolute atomic E-state index is 0.0118. The number of nitrogens with zero attached hydrogens (tertiary/aromatic N) is 1. The summed E-state index contributed by atoms with van der Waals surface area (Å²) in [5.41, 5.74) is 1.69. The van der Waals surface area contributed by atoms with Gasteiger partial charge in [0.25, 0.3) is 17.1 Å². The molecule has 3 amide bonds. The molecule has 206 valence electrons. The highest BCUT2D eigenvalue weighted by Gasteiger charge is 2.35. The number of imide groups is 1. The largest absolute Gasteiger partial charge is 0.493 e. The molecule has 3 aromatic rings. The molecule has 3 aromatic carbocycles. The van der Waals surface area contributed by atoms with E-state index in [1.807, 2.05) is 0 Å². The lowest BCUT2D eigenvalue weighted by Crippen LogP contribution is -2.27. The van der Waals surface area contributed by atoms with Crippen LogP contribution in [0.1, 0.15) is 11.1 Å². The summed E-state index contributed by atoms with van der Waals surface area (Å²) >= 11 is 16.5. The Morgan fingerprint density at radius 3 is 2.60 bits per heavy atom. The third-order valence-electron chi connectivity index (χ3n) is 5.79. The highest BCUT2D eigenvalue weighted by molar-refractivity contribution is 9.10. The SMILES string of the molecule is COc1cc(/C=C2\SC(=O)N(Cc3cc4c(cc3Cl)OCO4)C2=O)ccc1OCC(=O)Nc1ccc(Br)c(Cl)c1. The number of thioether (sulfide) groups is 1. The van der Waals surface area contributed by atoms with Crippen molar-refractivity contribution in [1.82, 2.24) is 4.90 Å². The predicted octanol–water partition coefficient (Wildman–Crippen LogP) is 6.75. The van der Waals surface area contributed by atoms with Gasteiger partial charge in [-0.05, 0) is 81.3 Å². The minimum Gasteiger partial charge on any atom is -0.493 e. The molecule has 0 aliphatic carbocycles. The van der Waals surface area contributed by atoms with E-state index in [1.54, 1.807) is 54.6 Å². The van der Waals surface area contributed by atoms with Crippen LogP contribution in [0.25, 0.3) is 6.08 Å². The molecule has 5 rings (SSSR count). The molecule has 2 heterocycles. The predicted molar refractivity (Wildman–Crippen MR) is 155 cm³/mol. The van der Waals surface area contributed by atoms with Crippen molar-refractivity contribution in [2.45, 2.75) is 6.54 Å². The highest BCUT2D eigenvalue weighted by Crippen LogP contribution is 2.40. The molecular weight excluding hydrogens is 647 g/mol. The summed E-state index contributed by atoms with van der Waals surface area (Å²) in [4.78, 5) is 39.4. The van der Waals surface area contributed by atoms with Gasteiger partial charge < -0.3 is 24.3 Å². The van der Waals surface area contributed by atoms with Gasteiger partial charge in [0.1, 0.15) is 0 Å². The topological polar surface area (TPSA) is 103 Å². The monoisotopic (exact) mass is 664 g/mol. The second kappa shape index (κ2) is 12.0. The number of fused-ring (bicyclic) bond motifs is 1. The minimum atomic E-state index is -0.451. The summed E-state index contributed by atoms with van der Waals surface area (Å²) in [5, 5.41) is 3.11. The maximum atomic E-state index is 13.1. The van der Waals surface area contributed by atoms with Gasteiger partial charge in [-0.3, -0.25) is 19.3 Å². The fraction of sp³-hybridized carbons (Fsp3) is 0.148. The van der Waals surface area contributed by atoms with Crippen LogP contribution in [0, 0.1) is 0 Å². The van der Waals surface area contributed by atoms with Crippen LogP contribution in [0.2, 0.25) is 10.0 Å². The number of amides is 3. The van der Waals surface area contributed by atoms with Crippen molar-refractivity contribution >= 4 is 79.7 Å². The Hall–Kier alpha value is -3.38. The van der Waals surface area contributed by atoms with E-state index in [2.05, 4.69) is 21.2 Å². The first-order chi connectivity index (χ1) is 19.2. The third kappa shape index (κ3) is 6.17. The van der Waals surface area contributed by atoms with Crippen LogP contribution in [0.3, 0.4) is 0 Å². The summed E-state index contributed by atoms with van der Waals surface area (Å²) in [7, 11) is 1.46. The molecule has 0 unspecified atom stereocenters. The van der Waals surface area contributed by atoms with Gasteiger partial charge in [0.05, 0.1) is 23.6 Å². The van der Waals surface area contributed by atoms with Crippen molar-refractivity contribution in [3.8, 4) is 23.0 Å². The summed E-state index contributed by atoms with van der Waals surface area (Å²) in [6, 6.07) is 13.3. The van der Waals surface area contributed by atoms with Crippen molar-refractivity contribution in [2.24, 2.45) is 0 Å². The lowest BCUT2D eigenvalue weighted by molar-refractivity contribution is -0.123. The van der Waals surface area contributed by atoms with Gasteiger partial charge in [-0.2, -0.15) is 0 Å². The van der Waals surface area contributed by atoms with Crippen LogP contribution in [-0.4, -0.2) is 42.5 Å². The van der Waals surface area contributed by atoms with Crippen molar-refractivity contribution in [1.29, 1.82) is 0 Å². The molecule has 2 aliphatic heterocycles. The zero-order valence-electron chi connectivity index (χ0n) is 20.7. The van der Waals surface area contributed by atoms with Crippen molar-refractivity contribution < 1.29 is 33.3 Å². The number of rotatable bonds is 8. The highest BCUT2D eigenvalue weighted by atomic mass is 79.9. The number of hydrogen-bond donors (Lipinski definition) is 1. The number of ether oxygens (including phenoxy) is 4. The van der Waals surface area contributed by atoms with Gasteiger partial charge in [-0.25, -0.2) is 0 Å². The van der Waals surface area contributed by atoms with Gasteiger partial charge in [-0.15, -0.1) is 0 Å². The molecule has 0 bridgehead atoms. The smallest absolute Gasteiger partial charge is 0.293 e. The number of halogens is 3. The molecule has 0 aromatic heterocycles. The normalized spacial score (nSPS) is 15.1. The zero-order chi connectivity index (χ0) is 28.4. The lowest BCUT2D eigenvalue weighted by Gasteiger charge is -2.14. The Labute approximate surface area is 251 Å². The van der Waals surface area contributed by atoms with Gasteiger partial charge >= 0.3 is 0 Å². The number of benzene rings is 3. The molecule has 1 fully saturated rings. The Morgan fingerprint density at radius 1 is 1.07 bits per heavy atom. The molecule has 1 N–H and O–H groups in total. The molecule has 0 saturated carbocycles. The second-order valence-electron chi connectivity index (χ2n) is 8.44. The number of carbonyl (C=O) groups is 3. The van der Waals surface area contributed by atoms with E-state index >= 15 is 0 Å². The maximum Gasteiger partial charge on any atom is 0.293 e. The first-order valence-corrected chi connectivity index (χ1v) is 14.0. The molecule has 13 heteroatoms. The second-order valence-corrected chi connectivity index (χ2v) is 11.1. The summed E-state index contributed by atoms with van der Waals surface area (Å²) < 4.78 is 22.4. The Kier molecular flexibility index (Phi) is 8.46. The van der Waals surface area contributed by atoms with Crippen LogP contribution in [0.15, 0.2) is 57.9 Å². The van der Waals surface area contributed by atoms with Crippen LogP contribution in [0.4, 0.5) is 10.5 Å². The Bertz CT molecular complexity index is 1570. The van der Waals surface area contributed by atoms with E-state index in [9.17, 15) is 14.4 Å². The fourth-order valence-electron chi connectivity index (χ4n) is 3.85. The molecular formula is C27H19BrCl2N2O7S. The van der Waals surface area contributed by atoms with Gasteiger partial charge in [0, 0.05) is 21.2 Å². The lowest BCUT2D eigenvalue weighted by atomic mass is 10.1. The number of anilines is 1. The average molecular weight is 666 g/mol. The van der Waals surface area contributed by atoms with Crippen LogP contribution in [-0.2, 0) is 16.1 Å². The van der Waals surface area contributed by atoms with Gasteiger partial charge in [0.15, 0.2) is 29.6 Å². The summed E-state index contributed by atoms with van der Waals surface area (Å²) in [6.45, 7) is -0.200. The first kappa shape index (κ1) is 28.2. The molecule has 1 saturated heterocycles. The van der Waals surface area contributed by atoms with E-state index < -0.39 is 11.1 Å². The third-order valence-corrected chi connectivity index (χ3v) is 8.28. The summed E-state index contributed by atoms with van der Waals surface area (Å²) in [5.74, 6) is 0.855. The Morgan fingerprint density at radius 2 is 1.85 bits per heavy atom. The van der Waals surface area contributed by atoms with Crippen LogP contribution < -0.4 is 24.3 Å². The standard InChI is InChI=1S/C27H19BrCl2N2O7S/c1-36-21-6-14(2-5-20(21)37-12-25(33)31-16-3-4-17(28)19(30)9-16)7-24-26(34)32(27(35)40-24)11-15-8-22-23(10-18(15)29)39-13-38-22/h2-10H,11-13H2,1H3,(H,31,33)/b24-7-. The van der Waals surface area contributed by atoms with Crippen molar-refractivity contribution in [2.75, 3.05) is 25.8 Å². The molecule has 2 aliphatic rings. The van der Waals surface area contributed by atoms with Gasteiger partial charge in [-0.1, -0.05) is 29.3 Å². The fourth-order valence-corrected chi connectivity index (χ4v) is 5.32. The summed E-state index contributed by atoms with van der Waals surface area (Å²) in [6.07, 6.45) is 1.59. The number of nitrogens with one attached hydrogen (secondary N) is 1. The average Bonchev–Trinajstić information content (AvgIpc) is 3.48. The zero-order valence-corrected chi connectivity index (χ0v) is 24.6. The molecule has 0 atom stereocenters. The molecule has 0 radical (unpaired) electrons. The van der Waals surface area contributed by atoms with E-state index in [1.165, 1.54) is 7.11 Å². The van der Waals surface area contributed by atoms with Crippen molar-refractivity contribution in [3.05, 3.63) is 79.1 Å². The van der Waals surface area contributed by atoms with Crippen LogP contribution in [0.5, 0.6) is 23.0 Å². The van der Waals surface area contributed by atoms with E-state index in [-0.39, 0.29) is 30.8 Å². The van der Waals surface area contributed by atoms with Crippen LogP contribution >= 0.6 is 50.9 Å². The van der Waals surface area contributed by atoms with Gasteiger partial charge in [0.2, 0.25) is 6.79 Å². The molecule has 40 heavy (non-hydrogen) atoms. The van der Waals surface area contributed by atoms with E-state index in [0.29, 0.717) is 54.3 Å². The molecule has 0 spiro atoms. The number of carbonyl (C=O) groups excluding carboxylic acids is 3. The number of hydrogen-bond acceptors (Lipinski definition) is 8. The van der Waals surface area contributed by atoms with E-state index in [0.717, 1.165) is 16.7 Å². The maximum absolute atomic E-state index is 13.1. The number of methoxy groups -OCH3 is 1. The molecule has 9 nitrogen and oxygen atoms in total. The van der Waals surface area contributed by atoms with E-state index in [4.69, 9.17) is 42.1 Å². The quantitative estimate of drug-likeness (QED) is 0.264. The van der Waals surface area contributed by atoms with Crippen molar-refractivity contribution in [3.63, 3.8) is 0 Å².